The molecule has 19 heteroatoms. The van der Waals surface area contributed by atoms with Crippen LogP contribution in [0, 0.1) is 0 Å². The Bertz CT molecular complexity index is 2500. The number of nitrogens with zero attached hydrogens (tertiary/aromatic N) is 7. The Labute approximate surface area is 361 Å². The number of ether oxygens (including phenoxy) is 4. The summed E-state index contributed by atoms with van der Waals surface area (Å²) in [6.07, 6.45) is 3.20. The average Bonchev–Trinajstić information content (AvgIpc) is 3.91. The van der Waals surface area contributed by atoms with E-state index in [9.17, 15) is 14.4 Å². The summed E-state index contributed by atoms with van der Waals surface area (Å²) in [6.45, 7) is 8.44. The van der Waals surface area contributed by atoms with Crippen LogP contribution in [0.4, 0.5) is 21.6 Å². The van der Waals surface area contributed by atoms with Crippen LogP contribution in [0.1, 0.15) is 39.0 Å². The van der Waals surface area contributed by atoms with Gasteiger partial charge in [0.05, 0.1) is 79.4 Å². The van der Waals surface area contributed by atoms with Gasteiger partial charge in [-0.25, -0.2) is 9.97 Å². The average molecular weight is 869 g/mol. The summed E-state index contributed by atoms with van der Waals surface area (Å²) in [7, 11) is 6.77. The molecule has 2 aliphatic heterocycles. The minimum absolute atomic E-state index is 0.0684. The lowest BCUT2D eigenvalue weighted by molar-refractivity contribution is -0.128. The molecule has 6 aromatic rings. The maximum atomic E-state index is 12.9. The molecule has 17 nitrogen and oxygen atoms in total. The van der Waals surface area contributed by atoms with Gasteiger partial charge in [-0.2, -0.15) is 0 Å². The lowest BCUT2D eigenvalue weighted by Crippen LogP contribution is -2.36. The Hall–Kier alpha value is -5.99. The van der Waals surface area contributed by atoms with Gasteiger partial charge in [-0.3, -0.25) is 35.0 Å². The number of benzene rings is 2. The van der Waals surface area contributed by atoms with Gasteiger partial charge in [-0.15, -0.1) is 0 Å². The van der Waals surface area contributed by atoms with Gasteiger partial charge in [0.1, 0.15) is 22.5 Å². The number of aromatic nitrogens is 4. The van der Waals surface area contributed by atoms with Crippen LogP contribution in [0.2, 0.25) is 0 Å². The Balaban J connectivity index is 0.000000185. The number of hydrogen-bond donors (Lipinski definition) is 3. The molecule has 3 N–H and O–H groups in total. The molecule has 3 amide bonds. The maximum absolute atomic E-state index is 12.9. The third-order valence-corrected chi connectivity index (χ3v) is 12.0. The zero-order valence-corrected chi connectivity index (χ0v) is 36.3. The van der Waals surface area contributed by atoms with Crippen molar-refractivity contribution in [1.82, 2.24) is 30.2 Å². The van der Waals surface area contributed by atoms with Crippen molar-refractivity contribution in [2.24, 2.45) is 0 Å². The molecule has 320 valence electrons. The van der Waals surface area contributed by atoms with Crippen LogP contribution in [0.15, 0.2) is 60.9 Å². The molecule has 0 saturated carbocycles. The number of carbonyl (C=O) groups excluding carboxylic acids is 3. The molecule has 2 aromatic carbocycles. The monoisotopic (exact) mass is 868 g/mol. The van der Waals surface area contributed by atoms with Gasteiger partial charge in [0.2, 0.25) is 5.91 Å². The Morgan fingerprint density at radius 2 is 1.18 bits per heavy atom. The van der Waals surface area contributed by atoms with Gasteiger partial charge in [0, 0.05) is 70.2 Å². The van der Waals surface area contributed by atoms with Gasteiger partial charge in [-0.1, -0.05) is 22.7 Å². The summed E-state index contributed by atoms with van der Waals surface area (Å²) in [4.78, 5) is 61.0. The molecule has 0 atom stereocenters. The number of methoxy groups -OCH3 is 2. The van der Waals surface area contributed by atoms with Crippen molar-refractivity contribution in [1.29, 1.82) is 0 Å². The van der Waals surface area contributed by atoms with Crippen molar-refractivity contribution in [3.63, 3.8) is 0 Å². The molecule has 4 aromatic heterocycles. The lowest BCUT2D eigenvalue weighted by atomic mass is 10.2. The highest BCUT2D eigenvalue weighted by atomic mass is 32.1. The highest BCUT2D eigenvalue weighted by Crippen LogP contribution is 2.41. The second-order valence-corrected chi connectivity index (χ2v) is 16.0. The minimum atomic E-state index is -0.287. The van der Waals surface area contributed by atoms with Crippen LogP contribution in [0.25, 0.3) is 20.4 Å². The summed E-state index contributed by atoms with van der Waals surface area (Å²) in [5.41, 5.74) is 6.05. The van der Waals surface area contributed by atoms with Crippen LogP contribution in [-0.4, -0.2) is 123 Å². The van der Waals surface area contributed by atoms with E-state index in [-0.39, 0.29) is 17.7 Å². The predicted octanol–water partition coefficient (Wildman–Crippen LogP) is 5.28. The second kappa shape index (κ2) is 20.0. The SMILES string of the molecule is CNCc1cc(C(=O)Nc2nc3c(OC)ccc(N4CCOCC4)c3s2)ccn1.COc1ccc(N2CCOCC2)c2sc(NC(=O)c3ccnc(CN(C)C(C)=O)c3)nc12. The molecule has 6 heterocycles. The summed E-state index contributed by atoms with van der Waals surface area (Å²) >= 11 is 2.87. The number of fused-ring (bicyclic) bond motifs is 2. The molecule has 2 saturated heterocycles. The van der Waals surface area contributed by atoms with E-state index < -0.39 is 0 Å². The van der Waals surface area contributed by atoms with E-state index in [1.807, 2.05) is 31.3 Å². The molecule has 2 aliphatic rings. The van der Waals surface area contributed by atoms with Gasteiger partial charge < -0.3 is 39.0 Å². The minimum Gasteiger partial charge on any atom is -0.494 e. The summed E-state index contributed by atoms with van der Waals surface area (Å²) in [5, 5.41) is 9.88. The van der Waals surface area contributed by atoms with Crippen LogP contribution in [0.3, 0.4) is 0 Å². The predicted molar refractivity (Wildman–Crippen MR) is 238 cm³/mol. The molecule has 0 bridgehead atoms. The fourth-order valence-corrected chi connectivity index (χ4v) is 8.82. The van der Waals surface area contributed by atoms with Crippen molar-refractivity contribution in [2.75, 3.05) is 101 Å². The Morgan fingerprint density at radius 1 is 0.721 bits per heavy atom. The number of hydrogen-bond acceptors (Lipinski definition) is 16. The first kappa shape index (κ1) is 43.1. The standard InChI is InChI=1S/C22H25N5O4S.C20H23N5O3S/c1-14(28)26(2)13-16-12-15(6-7-23-16)21(29)25-22-24-19-18(30-3)5-4-17(20(19)32-22)27-8-10-31-11-9-27;1-21-12-14-11-13(5-6-22-14)19(26)24-20-23-17-16(27-2)4-3-15(18(17)29-20)25-7-9-28-10-8-25/h4-7,12H,8-11,13H2,1-3H3,(H,24,25,29);3-6,11,21H,7-10,12H2,1-2H3,(H,23,24,26). The number of thiazole rings is 2. The number of carbonyl (C=O) groups is 3. The third kappa shape index (κ3) is 10.3. The summed E-state index contributed by atoms with van der Waals surface area (Å²) < 4.78 is 23.9. The van der Waals surface area contributed by atoms with Crippen LogP contribution < -0.4 is 35.2 Å². The Kier molecular flexibility index (Phi) is 14.2. The highest BCUT2D eigenvalue weighted by Gasteiger charge is 2.22. The van der Waals surface area contributed by atoms with Gasteiger partial charge in [0.15, 0.2) is 10.3 Å². The first-order valence-corrected chi connectivity index (χ1v) is 21.3. The number of nitrogens with one attached hydrogen (secondary N) is 3. The van der Waals surface area contributed by atoms with E-state index in [4.69, 9.17) is 18.9 Å². The van der Waals surface area contributed by atoms with Gasteiger partial charge >= 0.3 is 0 Å². The quantitative estimate of drug-likeness (QED) is 0.144. The van der Waals surface area contributed by atoms with Crippen molar-refractivity contribution >= 4 is 82.5 Å². The number of pyridine rings is 2. The zero-order chi connectivity index (χ0) is 42.9. The van der Waals surface area contributed by atoms with Crippen LogP contribution >= 0.6 is 22.7 Å². The van der Waals surface area contributed by atoms with E-state index in [0.717, 1.165) is 63.7 Å². The number of amides is 3. The normalized spacial score (nSPS) is 14.0. The highest BCUT2D eigenvalue weighted by molar-refractivity contribution is 7.23. The molecule has 8 rings (SSSR count). The summed E-state index contributed by atoms with van der Waals surface area (Å²) in [6, 6.07) is 14.7. The van der Waals surface area contributed by atoms with E-state index in [0.29, 0.717) is 78.1 Å². The van der Waals surface area contributed by atoms with Gasteiger partial charge in [-0.05, 0) is 55.6 Å². The van der Waals surface area contributed by atoms with Crippen LogP contribution in [-0.2, 0) is 27.4 Å². The second-order valence-electron chi connectivity index (χ2n) is 14.1. The van der Waals surface area contributed by atoms with Crippen molar-refractivity contribution in [3.05, 3.63) is 83.4 Å². The molecule has 2 fully saturated rings. The lowest BCUT2D eigenvalue weighted by Gasteiger charge is -2.29. The fourth-order valence-electron chi connectivity index (χ4n) is 6.78. The van der Waals surface area contributed by atoms with Crippen LogP contribution in [0.5, 0.6) is 11.5 Å². The molecular weight excluding hydrogens is 821 g/mol. The molecular formula is C42H48N10O7S2. The fraction of sp³-hybridized carbons (Fsp3) is 0.357. The molecule has 0 radical (unpaired) electrons. The molecule has 61 heavy (non-hydrogen) atoms. The number of morpholine rings is 2. The van der Waals surface area contributed by atoms with E-state index in [1.165, 1.54) is 34.5 Å². The zero-order valence-electron chi connectivity index (χ0n) is 34.6. The first-order chi connectivity index (χ1) is 29.6. The van der Waals surface area contributed by atoms with E-state index in [2.05, 4.69) is 45.7 Å². The van der Waals surface area contributed by atoms with Crippen molar-refractivity contribution < 1.29 is 33.3 Å². The van der Waals surface area contributed by atoms with E-state index >= 15 is 0 Å². The van der Waals surface area contributed by atoms with Gasteiger partial charge in [0.25, 0.3) is 11.8 Å². The molecule has 0 aliphatic carbocycles. The van der Waals surface area contributed by atoms with Crippen molar-refractivity contribution in [2.45, 2.75) is 20.0 Å². The Morgan fingerprint density at radius 3 is 1.62 bits per heavy atom. The smallest absolute Gasteiger partial charge is 0.257 e. The maximum Gasteiger partial charge on any atom is 0.257 e. The topological polar surface area (TPSA) is 186 Å². The number of rotatable bonds is 12. The molecule has 0 unspecified atom stereocenters. The number of anilines is 4. The third-order valence-electron chi connectivity index (χ3n) is 10.0. The molecule has 0 spiro atoms. The summed E-state index contributed by atoms with van der Waals surface area (Å²) in [5.74, 6) is 0.781. The first-order valence-electron chi connectivity index (χ1n) is 19.6. The largest absolute Gasteiger partial charge is 0.494 e. The van der Waals surface area contributed by atoms with Crippen molar-refractivity contribution in [3.8, 4) is 11.5 Å². The van der Waals surface area contributed by atoms with E-state index in [1.54, 1.807) is 57.9 Å².